The third kappa shape index (κ3) is 6.46. The normalized spacial score (nSPS) is 14.7. The van der Waals surface area contributed by atoms with E-state index >= 15 is 0 Å². The van der Waals surface area contributed by atoms with Crippen molar-refractivity contribution in [2.24, 2.45) is 0 Å². The lowest BCUT2D eigenvalue weighted by molar-refractivity contribution is -0.122. The van der Waals surface area contributed by atoms with Gasteiger partial charge in [-0.15, -0.1) is 0 Å². The van der Waals surface area contributed by atoms with E-state index in [9.17, 15) is 4.79 Å². The van der Waals surface area contributed by atoms with Crippen LogP contribution in [0.4, 0.5) is 0 Å². The zero-order chi connectivity index (χ0) is 23.0. The van der Waals surface area contributed by atoms with Crippen molar-refractivity contribution in [1.82, 2.24) is 4.90 Å². The number of hydrogen-bond donors (Lipinski definition) is 0. The minimum Gasteiger partial charge on any atom is -0.493 e. The number of hydrogen-bond acceptors (Lipinski definition) is 5. The van der Waals surface area contributed by atoms with Gasteiger partial charge in [0.05, 0.1) is 24.7 Å². The van der Waals surface area contributed by atoms with Gasteiger partial charge in [-0.3, -0.25) is 9.69 Å². The van der Waals surface area contributed by atoms with Crippen molar-refractivity contribution in [2.45, 2.75) is 19.9 Å². The van der Waals surface area contributed by atoms with Crippen molar-refractivity contribution < 1.29 is 14.3 Å². The van der Waals surface area contributed by atoms with Crippen LogP contribution >= 0.6 is 24.0 Å². The van der Waals surface area contributed by atoms with Gasteiger partial charge >= 0.3 is 0 Å². The molecule has 1 saturated heterocycles. The Kier molecular flexibility index (Phi) is 7.81. The van der Waals surface area contributed by atoms with Gasteiger partial charge in [0.25, 0.3) is 5.91 Å². The summed E-state index contributed by atoms with van der Waals surface area (Å²) in [6, 6.07) is 25.6. The summed E-state index contributed by atoms with van der Waals surface area (Å²) in [5, 5.41) is 0. The summed E-state index contributed by atoms with van der Waals surface area (Å²) in [7, 11) is 0. The largest absolute Gasteiger partial charge is 0.493 e. The van der Waals surface area contributed by atoms with Crippen LogP contribution in [0, 0.1) is 6.92 Å². The Morgan fingerprint density at radius 2 is 1.64 bits per heavy atom. The van der Waals surface area contributed by atoms with Gasteiger partial charge in [-0.1, -0.05) is 84.1 Å². The maximum Gasteiger partial charge on any atom is 0.266 e. The molecule has 3 aromatic rings. The standard InChI is InChI=1S/C27H25NO3S2/c1-20-11-13-23(14-12-20)30-15-6-16-31-24-10-5-9-22(17-24)18-25-26(29)28(27(32)33-25)19-21-7-3-2-4-8-21/h2-5,7-14,17-18H,6,15-16,19H2,1H3/b25-18-. The van der Waals surface area contributed by atoms with Gasteiger partial charge in [-0.2, -0.15) is 0 Å². The summed E-state index contributed by atoms with van der Waals surface area (Å²) in [6.07, 6.45) is 2.65. The zero-order valence-corrected chi connectivity index (χ0v) is 20.0. The molecule has 0 saturated carbocycles. The number of rotatable bonds is 9. The van der Waals surface area contributed by atoms with Crippen LogP contribution in [-0.4, -0.2) is 28.3 Å². The van der Waals surface area contributed by atoms with Gasteiger partial charge in [-0.05, 0) is 48.4 Å². The number of aryl methyl sites for hydroxylation is 1. The Hall–Kier alpha value is -3.09. The summed E-state index contributed by atoms with van der Waals surface area (Å²) >= 11 is 6.79. The molecular formula is C27H25NO3S2. The second kappa shape index (κ2) is 11.2. The molecule has 1 amide bonds. The molecule has 4 nitrogen and oxygen atoms in total. The molecule has 1 heterocycles. The number of ether oxygens (including phenoxy) is 2. The van der Waals surface area contributed by atoms with Gasteiger partial charge in [-0.25, -0.2) is 0 Å². The molecule has 0 aromatic heterocycles. The van der Waals surface area contributed by atoms with Crippen LogP contribution in [-0.2, 0) is 11.3 Å². The molecule has 0 radical (unpaired) electrons. The monoisotopic (exact) mass is 475 g/mol. The lowest BCUT2D eigenvalue weighted by Gasteiger charge is -2.14. The summed E-state index contributed by atoms with van der Waals surface area (Å²) in [5.74, 6) is 1.57. The Balaban J connectivity index is 1.30. The predicted octanol–water partition coefficient (Wildman–Crippen LogP) is 6.24. The van der Waals surface area contributed by atoms with Gasteiger partial charge in [0.1, 0.15) is 15.8 Å². The molecule has 1 aliphatic heterocycles. The summed E-state index contributed by atoms with van der Waals surface area (Å²) in [6.45, 7) is 3.68. The van der Waals surface area contributed by atoms with Crippen molar-refractivity contribution in [1.29, 1.82) is 0 Å². The molecule has 0 atom stereocenters. The molecule has 33 heavy (non-hydrogen) atoms. The molecule has 0 N–H and O–H groups in total. The SMILES string of the molecule is Cc1ccc(OCCCOc2cccc(/C=C3\SC(=S)N(Cc4ccccc4)C3=O)c2)cc1. The van der Waals surface area contributed by atoms with Gasteiger partial charge in [0.15, 0.2) is 0 Å². The summed E-state index contributed by atoms with van der Waals surface area (Å²) in [5.41, 5.74) is 3.17. The van der Waals surface area contributed by atoms with Crippen LogP contribution in [0.2, 0.25) is 0 Å². The summed E-state index contributed by atoms with van der Waals surface area (Å²) < 4.78 is 12.2. The molecule has 3 aromatic carbocycles. The minimum atomic E-state index is -0.0616. The van der Waals surface area contributed by atoms with Crippen molar-refractivity contribution in [3.8, 4) is 11.5 Å². The Labute approximate surface area is 204 Å². The van der Waals surface area contributed by atoms with E-state index in [1.807, 2.05) is 84.9 Å². The van der Waals surface area contributed by atoms with Crippen molar-refractivity contribution in [3.05, 3.63) is 100 Å². The van der Waals surface area contributed by atoms with Crippen LogP contribution in [0.3, 0.4) is 0 Å². The van der Waals surface area contributed by atoms with Gasteiger partial charge < -0.3 is 9.47 Å². The van der Waals surface area contributed by atoms with E-state index in [1.165, 1.54) is 17.3 Å². The van der Waals surface area contributed by atoms with Crippen LogP contribution in [0.5, 0.6) is 11.5 Å². The number of benzene rings is 3. The highest BCUT2D eigenvalue weighted by atomic mass is 32.2. The number of nitrogens with zero attached hydrogens (tertiary/aromatic N) is 1. The van der Waals surface area contributed by atoms with Crippen LogP contribution in [0.25, 0.3) is 6.08 Å². The Morgan fingerprint density at radius 1 is 0.909 bits per heavy atom. The molecule has 0 aliphatic carbocycles. The first-order valence-electron chi connectivity index (χ1n) is 10.8. The smallest absolute Gasteiger partial charge is 0.266 e. The van der Waals surface area contributed by atoms with E-state index in [1.54, 1.807) is 4.90 Å². The lowest BCUT2D eigenvalue weighted by Crippen LogP contribution is -2.27. The third-order valence-electron chi connectivity index (χ3n) is 5.06. The number of carbonyl (C=O) groups excluding carboxylic acids is 1. The highest BCUT2D eigenvalue weighted by Crippen LogP contribution is 2.34. The average Bonchev–Trinajstić information content (AvgIpc) is 3.08. The Bertz CT molecular complexity index is 1140. The molecular weight excluding hydrogens is 450 g/mol. The number of carbonyl (C=O) groups is 1. The minimum absolute atomic E-state index is 0.0616. The van der Waals surface area contributed by atoms with Gasteiger partial charge in [0.2, 0.25) is 0 Å². The average molecular weight is 476 g/mol. The van der Waals surface area contributed by atoms with E-state index in [2.05, 4.69) is 6.92 Å². The molecule has 4 rings (SSSR count). The van der Waals surface area contributed by atoms with Crippen molar-refractivity contribution in [3.63, 3.8) is 0 Å². The fourth-order valence-corrected chi connectivity index (χ4v) is 4.58. The van der Waals surface area contributed by atoms with Crippen molar-refractivity contribution in [2.75, 3.05) is 13.2 Å². The molecule has 0 unspecified atom stereocenters. The zero-order valence-electron chi connectivity index (χ0n) is 18.4. The number of thiocarbonyl (C=S) groups is 1. The fraction of sp³-hybridized carbons (Fsp3) is 0.185. The van der Waals surface area contributed by atoms with E-state index in [4.69, 9.17) is 21.7 Å². The Morgan fingerprint density at radius 3 is 2.39 bits per heavy atom. The highest BCUT2D eigenvalue weighted by Gasteiger charge is 2.31. The molecule has 1 aliphatic rings. The summed E-state index contributed by atoms with van der Waals surface area (Å²) in [4.78, 5) is 15.2. The van der Waals surface area contributed by atoms with Crippen LogP contribution in [0.15, 0.2) is 83.8 Å². The first-order valence-corrected chi connectivity index (χ1v) is 12.0. The van der Waals surface area contributed by atoms with Crippen molar-refractivity contribution >= 4 is 40.3 Å². The predicted molar refractivity (Wildman–Crippen MR) is 138 cm³/mol. The quantitative estimate of drug-likeness (QED) is 0.208. The van der Waals surface area contributed by atoms with E-state index in [0.29, 0.717) is 29.0 Å². The van der Waals surface area contributed by atoms with E-state index < -0.39 is 0 Å². The molecule has 0 spiro atoms. The number of amides is 1. The topological polar surface area (TPSA) is 38.8 Å². The third-order valence-corrected chi connectivity index (χ3v) is 6.44. The second-order valence-corrected chi connectivity index (χ2v) is 9.37. The first-order chi connectivity index (χ1) is 16.1. The molecule has 1 fully saturated rings. The highest BCUT2D eigenvalue weighted by molar-refractivity contribution is 8.26. The van der Waals surface area contributed by atoms with E-state index in [-0.39, 0.29) is 5.91 Å². The lowest BCUT2D eigenvalue weighted by atomic mass is 10.2. The molecule has 6 heteroatoms. The van der Waals surface area contributed by atoms with Crippen LogP contribution < -0.4 is 9.47 Å². The van der Waals surface area contributed by atoms with Gasteiger partial charge in [0, 0.05) is 6.42 Å². The molecule has 168 valence electrons. The maximum atomic E-state index is 12.9. The second-order valence-electron chi connectivity index (χ2n) is 7.69. The van der Waals surface area contributed by atoms with E-state index in [0.717, 1.165) is 29.0 Å². The first kappa shape index (κ1) is 23.1. The number of thioether (sulfide) groups is 1. The van der Waals surface area contributed by atoms with Crippen LogP contribution in [0.1, 0.15) is 23.1 Å². The fourth-order valence-electron chi connectivity index (χ4n) is 3.32. The maximum absolute atomic E-state index is 12.9. The molecule has 0 bridgehead atoms.